The summed E-state index contributed by atoms with van der Waals surface area (Å²) in [5.41, 5.74) is -0.166. The molecule has 2 unspecified atom stereocenters. The third-order valence-corrected chi connectivity index (χ3v) is 5.78. The number of hydrogen-bond acceptors (Lipinski definition) is 4. The van der Waals surface area contributed by atoms with E-state index in [2.05, 4.69) is 12.2 Å². The summed E-state index contributed by atoms with van der Waals surface area (Å²) >= 11 is 0. The molecule has 1 aliphatic heterocycles. The molecule has 17 heavy (non-hydrogen) atoms. The van der Waals surface area contributed by atoms with E-state index >= 15 is 0 Å². The predicted molar refractivity (Wildman–Crippen MR) is 70.0 cm³/mol. The van der Waals surface area contributed by atoms with Crippen LogP contribution >= 0.6 is 0 Å². The lowest BCUT2D eigenvalue weighted by molar-refractivity contribution is 0.00863. The molecule has 0 spiro atoms. The van der Waals surface area contributed by atoms with Gasteiger partial charge in [0.1, 0.15) is 0 Å². The Morgan fingerprint density at radius 2 is 2.12 bits per heavy atom. The highest BCUT2D eigenvalue weighted by Crippen LogP contribution is 2.20. The van der Waals surface area contributed by atoms with E-state index in [1.165, 1.54) is 0 Å². The molecule has 1 rings (SSSR count). The van der Waals surface area contributed by atoms with Crippen molar-refractivity contribution in [2.75, 3.05) is 19.4 Å². The summed E-state index contributed by atoms with van der Waals surface area (Å²) in [6, 6.07) is 0.265. The standard InChI is InChI=1S/C12H25NO3S/c1-10(8-12(2,3)16-4)13-9-11-6-5-7-17(11,14)15/h10-11,13H,5-9H2,1-4H3. The van der Waals surface area contributed by atoms with E-state index in [1.807, 2.05) is 13.8 Å². The van der Waals surface area contributed by atoms with Gasteiger partial charge in [0.15, 0.2) is 9.84 Å². The molecule has 1 fully saturated rings. The Morgan fingerprint density at radius 3 is 2.59 bits per heavy atom. The summed E-state index contributed by atoms with van der Waals surface area (Å²) in [4.78, 5) is 0. The van der Waals surface area contributed by atoms with Gasteiger partial charge in [0.25, 0.3) is 0 Å². The minimum atomic E-state index is -2.83. The first-order valence-electron chi connectivity index (χ1n) is 6.27. The minimum Gasteiger partial charge on any atom is -0.379 e. The van der Waals surface area contributed by atoms with Crippen molar-refractivity contribution in [3.63, 3.8) is 0 Å². The van der Waals surface area contributed by atoms with Crippen molar-refractivity contribution in [2.24, 2.45) is 0 Å². The van der Waals surface area contributed by atoms with Crippen molar-refractivity contribution in [1.82, 2.24) is 5.32 Å². The molecular formula is C12H25NO3S. The molecule has 0 aliphatic carbocycles. The molecular weight excluding hydrogens is 238 g/mol. The Balaban J connectivity index is 2.36. The van der Waals surface area contributed by atoms with Gasteiger partial charge in [-0.25, -0.2) is 8.42 Å². The molecule has 0 aromatic rings. The van der Waals surface area contributed by atoms with Crippen LogP contribution in [0, 0.1) is 0 Å². The van der Waals surface area contributed by atoms with E-state index in [4.69, 9.17) is 4.74 Å². The molecule has 0 aromatic heterocycles. The van der Waals surface area contributed by atoms with Crippen molar-refractivity contribution in [3.05, 3.63) is 0 Å². The summed E-state index contributed by atoms with van der Waals surface area (Å²) in [6.45, 7) is 6.72. The van der Waals surface area contributed by atoms with Crippen molar-refractivity contribution >= 4 is 9.84 Å². The molecule has 0 amide bonds. The monoisotopic (exact) mass is 263 g/mol. The molecule has 0 radical (unpaired) electrons. The van der Waals surface area contributed by atoms with Crippen LogP contribution in [0.25, 0.3) is 0 Å². The highest BCUT2D eigenvalue weighted by molar-refractivity contribution is 7.92. The largest absolute Gasteiger partial charge is 0.379 e. The van der Waals surface area contributed by atoms with Crippen LogP contribution in [0.1, 0.15) is 40.0 Å². The zero-order valence-corrected chi connectivity index (χ0v) is 12.1. The summed E-state index contributed by atoms with van der Waals surface area (Å²) in [7, 11) is -1.12. The number of rotatable bonds is 6. The first-order chi connectivity index (χ1) is 7.77. The van der Waals surface area contributed by atoms with Crippen LogP contribution < -0.4 is 5.32 Å². The van der Waals surface area contributed by atoms with Gasteiger partial charge in [0, 0.05) is 19.7 Å². The maximum Gasteiger partial charge on any atom is 0.154 e. The van der Waals surface area contributed by atoms with Gasteiger partial charge >= 0.3 is 0 Å². The zero-order valence-electron chi connectivity index (χ0n) is 11.3. The van der Waals surface area contributed by atoms with Crippen LogP contribution in [0.3, 0.4) is 0 Å². The molecule has 1 heterocycles. The summed E-state index contributed by atoms with van der Waals surface area (Å²) in [5, 5.41) is 3.13. The molecule has 1 saturated heterocycles. The molecule has 5 heteroatoms. The third kappa shape index (κ3) is 4.56. The first kappa shape index (κ1) is 14.9. The van der Waals surface area contributed by atoms with E-state index in [1.54, 1.807) is 7.11 Å². The second-order valence-corrected chi connectivity index (χ2v) is 8.01. The van der Waals surface area contributed by atoms with Crippen LogP contribution in [0.4, 0.5) is 0 Å². The second kappa shape index (κ2) is 5.67. The Morgan fingerprint density at radius 1 is 1.47 bits per heavy atom. The van der Waals surface area contributed by atoms with Crippen LogP contribution in [0.5, 0.6) is 0 Å². The third-order valence-electron chi connectivity index (χ3n) is 3.51. The molecule has 0 saturated carbocycles. The van der Waals surface area contributed by atoms with E-state index in [9.17, 15) is 8.42 Å². The van der Waals surface area contributed by atoms with Gasteiger partial charge in [-0.2, -0.15) is 0 Å². The smallest absolute Gasteiger partial charge is 0.154 e. The van der Waals surface area contributed by atoms with Crippen molar-refractivity contribution in [3.8, 4) is 0 Å². The Kier molecular flexibility index (Phi) is 4.98. The highest BCUT2D eigenvalue weighted by Gasteiger charge is 2.31. The quantitative estimate of drug-likeness (QED) is 0.786. The van der Waals surface area contributed by atoms with Crippen LogP contribution in [-0.4, -0.2) is 44.7 Å². The van der Waals surface area contributed by atoms with Crippen molar-refractivity contribution < 1.29 is 13.2 Å². The summed E-state index contributed by atoms with van der Waals surface area (Å²) < 4.78 is 28.7. The highest BCUT2D eigenvalue weighted by atomic mass is 32.2. The molecule has 1 aliphatic rings. The van der Waals surface area contributed by atoms with Crippen molar-refractivity contribution in [1.29, 1.82) is 0 Å². The number of sulfone groups is 1. The lowest BCUT2D eigenvalue weighted by Crippen LogP contribution is -2.40. The Hall–Kier alpha value is -0.130. The van der Waals surface area contributed by atoms with Gasteiger partial charge in [-0.3, -0.25) is 0 Å². The van der Waals surface area contributed by atoms with Gasteiger partial charge in [0.05, 0.1) is 16.6 Å². The normalized spacial score (nSPS) is 26.0. The van der Waals surface area contributed by atoms with Crippen molar-refractivity contribution in [2.45, 2.75) is 56.9 Å². The fourth-order valence-electron chi connectivity index (χ4n) is 2.31. The average molecular weight is 263 g/mol. The fourth-order valence-corrected chi connectivity index (χ4v) is 4.09. The maximum absolute atomic E-state index is 11.7. The lowest BCUT2D eigenvalue weighted by atomic mass is 10.00. The molecule has 102 valence electrons. The predicted octanol–water partition coefficient (Wildman–Crippen LogP) is 1.36. The van der Waals surface area contributed by atoms with Gasteiger partial charge in [-0.15, -0.1) is 0 Å². The minimum absolute atomic E-state index is 0.166. The molecule has 1 N–H and O–H groups in total. The number of ether oxygens (including phenoxy) is 1. The lowest BCUT2D eigenvalue weighted by Gasteiger charge is -2.27. The van der Waals surface area contributed by atoms with E-state index in [-0.39, 0.29) is 16.9 Å². The molecule has 2 atom stereocenters. The van der Waals surface area contributed by atoms with E-state index in [0.717, 1.165) is 19.3 Å². The SMILES string of the molecule is COC(C)(C)CC(C)NCC1CCCS1(=O)=O. The van der Waals surface area contributed by atoms with Gasteiger partial charge in [-0.1, -0.05) is 0 Å². The average Bonchev–Trinajstić information content (AvgIpc) is 2.54. The van der Waals surface area contributed by atoms with E-state index < -0.39 is 9.84 Å². The first-order valence-corrected chi connectivity index (χ1v) is 7.98. The summed E-state index contributed by atoms with van der Waals surface area (Å²) in [5.74, 6) is 0.358. The zero-order chi connectivity index (χ0) is 13.1. The van der Waals surface area contributed by atoms with Crippen LogP contribution in [0.15, 0.2) is 0 Å². The molecule has 4 nitrogen and oxygen atoms in total. The fraction of sp³-hybridized carbons (Fsp3) is 1.00. The van der Waals surface area contributed by atoms with Crippen LogP contribution in [-0.2, 0) is 14.6 Å². The van der Waals surface area contributed by atoms with Crippen LogP contribution in [0.2, 0.25) is 0 Å². The van der Waals surface area contributed by atoms with Gasteiger partial charge < -0.3 is 10.1 Å². The number of methoxy groups -OCH3 is 1. The number of nitrogens with one attached hydrogen (secondary N) is 1. The molecule has 0 aromatic carbocycles. The Labute approximate surface area is 105 Å². The van der Waals surface area contributed by atoms with E-state index in [0.29, 0.717) is 12.3 Å². The van der Waals surface area contributed by atoms with Gasteiger partial charge in [0.2, 0.25) is 0 Å². The Bertz CT molecular complexity index is 338. The maximum atomic E-state index is 11.7. The summed E-state index contributed by atoms with van der Waals surface area (Å²) in [6.07, 6.45) is 2.48. The molecule has 0 bridgehead atoms. The topological polar surface area (TPSA) is 55.4 Å². The second-order valence-electron chi connectivity index (χ2n) is 5.61. The van der Waals surface area contributed by atoms with Gasteiger partial charge in [-0.05, 0) is 40.0 Å². The number of hydrogen-bond donors (Lipinski definition) is 1.